The van der Waals surface area contributed by atoms with Gasteiger partial charge in [0.1, 0.15) is 0 Å². The first-order valence-electron chi connectivity index (χ1n) is 7.83. The van der Waals surface area contributed by atoms with Crippen molar-refractivity contribution in [3.05, 3.63) is 22.7 Å². The fourth-order valence-corrected chi connectivity index (χ4v) is 3.09. The zero-order chi connectivity index (χ0) is 16.1. The molecule has 2 rings (SSSR count). The van der Waals surface area contributed by atoms with Gasteiger partial charge < -0.3 is 19.8 Å². The molecule has 0 amide bonds. The molecular formula is C16H25ClN2O3. The van der Waals surface area contributed by atoms with E-state index in [1.165, 1.54) is 0 Å². The third-order valence-corrected chi connectivity index (χ3v) is 4.49. The van der Waals surface area contributed by atoms with Crippen LogP contribution in [0.5, 0.6) is 11.5 Å². The van der Waals surface area contributed by atoms with E-state index in [4.69, 9.17) is 16.3 Å². The molecule has 22 heavy (non-hydrogen) atoms. The second-order valence-electron chi connectivity index (χ2n) is 5.45. The van der Waals surface area contributed by atoms with Gasteiger partial charge in [-0.05, 0) is 31.2 Å². The number of aliphatic hydroxyl groups excluding tert-OH is 1. The Morgan fingerprint density at radius 2 is 1.91 bits per heavy atom. The van der Waals surface area contributed by atoms with Gasteiger partial charge in [0.25, 0.3) is 0 Å². The Balaban J connectivity index is 2.20. The van der Waals surface area contributed by atoms with Gasteiger partial charge in [-0.25, -0.2) is 0 Å². The molecule has 0 saturated carbocycles. The number of rotatable bonds is 6. The van der Waals surface area contributed by atoms with Gasteiger partial charge in [-0.2, -0.15) is 0 Å². The number of aliphatic hydroxyl groups is 1. The van der Waals surface area contributed by atoms with Gasteiger partial charge in [0.2, 0.25) is 0 Å². The largest absolute Gasteiger partial charge is 0.503 e. The fourth-order valence-electron chi connectivity index (χ4n) is 2.87. The van der Waals surface area contributed by atoms with Crippen LogP contribution in [-0.4, -0.2) is 66.0 Å². The first-order chi connectivity index (χ1) is 10.6. The van der Waals surface area contributed by atoms with Crippen molar-refractivity contribution < 1.29 is 14.9 Å². The maximum atomic E-state index is 9.94. The molecule has 1 heterocycles. The quantitative estimate of drug-likeness (QED) is 0.837. The molecule has 1 unspecified atom stereocenters. The maximum Gasteiger partial charge on any atom is 0.176 e. The summed E-state index contributed by atoms with van der Waals surface area (Å²) in [5.41, 5.74) is 0.874. The van der Waals surface area contributed by atoms with Crippen molar-refractivity contribution in [1.29, 1.82) is 0 Å². The zero-order valence-corrected chi connectivity index (χ0v) is 14.0. The zero-order valence-electron chi connectivity index (χ0n) is 13.3. The van der Waals surface area contributed by atoms with E-state index in [1.54, 1.807) is 12.1 Å². The van der Waals surface area contributed by atoms with E-state index < -0.39 is 0 Å². The number of hydrogen-bond donors (Lipinski definition) is 2. The second-order valence-corrected chi connectivity index (χ2v) is 5.86. The molecular weight excluding hydrogens is 304 g/mol. The number of phenols is 1. The lowest BCUT2D eigenvalue weighted by molar-refractivity contribution is 0.0671. The standard InChI is InChI=1S/C16H25ClN2O3/c1-3-18-5-7-19(8-6-18)14(11-20)12-9-13(17)16(21)15(10-12)22-4-2/h9-10,14,20-21H,3-8,11H2,1-2H3. The fraction of sp³-hybridized carbons (Fsp3) is 0.625. The Hall–Kier alpha value is -1.01. The number of ether oxygens (including phenoxy) is 1. The summed E-state index contributed by atoms with van der Waals surface area (Å²) in [5.74, 6) is 0.329. The molecule has 0 radical (unpaired) electrons. The highest BCUT2D eigenvalue weighted by molar-refractivity contribution is 6.32. The van der Waals surface area contributed by atoms with E-state index >= 15 is 0 Å². The van der Waals surface area contributed by atoms with Gasteiger partial charge in [0.15, 0.2) is 11.5 Å². The summed E-state index contributed by atoms with van der Waals surface area (Å²) in [6, 6.07) is 3.36. The summed E-state index contributed by atoms with van der Waals surface area (Å²) in [7, 11) is 0. The first kappa shape index (κ1) is 17.3. The van der Waals surface area contributed by atoms with Crippen molar-refractivity contribution in [1.82, 2.24) is 9.80 Å². The van der Waals surface area contributed by atoms with Crippen LogP contribution < -0.4 is 4.74 Å². The smallest absolute Gasteiger partial charge is 0.176 e. The highest BCUT2D eigenvalue weighted by Gasteiger charge is 2.25. The third-order valence-electron chi connectivity index (χ3n) is 4.20. The molecule has 5 nitrogen and oxygen atoms in total. The van der Waals surface area contributed by atoms with Gasteiger partial charge in [-0.15, -0.1) is 0 Å². The monoisotopic (exact) mass is 328 g/mol. The normalized spacial score (nSPS) is 18.4. The highest BCUT2D eigenvalue weighted by Crippen LogP contribution is 2.38. The van der Waals surface area contributed by atoms with Gasteiger partial charge >= 0.3 is 0 Å². The average molecular weight is 329 g/mol. The van der Waals surface area contributed by atoms with Crippen LogP contribution in [0.25, 0.3) is 0 Å². The molecule has 1 aliphatic heterocycles. The first-order valence-corrected chi connectivity index (χ1v) is 8.20. The Kier molecular flexibility index (Phi) is 6.32. The second kappa shape index (κ2) is 8.02. The van der Waals surface area contributed by atoms with E-state index in [9.17, 15) is 10.2 Å². The minimum absolute atomic E-state index is 0.0127. The number of piperazine rings is 1. The lowest BCUT2D eigenvalue weighted by Crippen LogP contribution is -2.48. The van der Waals surface area contributed by atoms with Gasteiger partial charge in [-0.1, -0.05) is 18.5 Å². The topological polar surface area (TPSA) is 56.2 Å². The molecule has 6 heteroatoms. The SMILES string of the molecule is CCOc1cc(C(CO)N2CCN(CC)CC2)cc(Cl)c1O. The molecule has 2 N–H and O–H groups in total. The average Bonchev–Trinajstić information content (AvgIpc) is 2.53. The Bertz CT molecular complexity index is 491. The molecule has 0 aliphatic carbocycles. The van der Waals surface area contributed by atoms with E-state index in [0.717, 1.165) is 38.3 Å². The number of hydrogen-bond acceptors (Lipinski definition) is 5. The predicted molar refractivity (Wildman–Crippen MR) is 87.8 cm³/mol. The maximum absolute atomic E-state index is 9.94. The lowest BCUT2D eigenvalue weighted by Gasteiger charge is -2.38. The summed E-state index contributed by atoms with van der Waals surface area (Å²) in [6.45, 7) is 9.33. The van der Waals surface area contributed by atoms with Crippen LogP contribution in [0.2, 0.25) is 5.02 Å². The molecule has 1 fully saturated rings. The molecule has 0 aromatic heterocycles. The molecule has 1 saturated heterocycles. The predicted octanol–water partition coefficient (Wildman–Crippen LogP) is 2.12. The third kappa shape index (κ3) is 3.84. The van der Waals surface area contributed by atoms with Crippen LogP contribution >= 0.6 is 11.6 Å². The summed E-state index contributed by atoms with van der Waals surface area (Å²) in [6.07, 6.45) is 0. The summed E-state index contributed by atoms with van der Waals surface area (Å²) < 4.78 is 5.43. The van der Waals surface area contributed by atoms with E-state index in [0.29, 0.717) is 12.4 Å². The molecule has 1 aromatic rings. The van der Waals surface area contributed by atoms with Crippen LogP contribution in [0.1, 0.15) is 25.5 Å². The number of aromatic hydroxyl groups is 1. The van der Waals surface area contributed by atoms with Crippen LogP contribution in [0, 0.1) is 0 Å². The van der Waals surface area contributed by atoms with Crippen LogP contribution in [0.4, 0.5) is 0 Å². The van der Waals surface area contributed by atoms with E-state index in [1.807, 2.05) is 6.92 Å². The van der Waals surface area contributed by atoms with E-state index in [-0.39, 0.29) is 23.4 Å². The van der Waals surface area contributed by atoms with Crippen molar-refractivity contribution in [2.24, 2.45) is 0 Å². The lowest BCUT2D eigenvalue weighted by atomic mass is 10.0. The van der Waals surface area contributed by atoms with Crippen molar-refractivity contribution in [2.45, 2.75) is 19.9 Å². The van der Waals surface area contributed by atoms with Crippen LogP contribution in [-0.2, 0) is 0 Å². The van der Waals surface area contributed by atoms with Gasteiger partial charge in [-0.3, -0.25) is 4.90 Å². The number of phenolic OH excluding ortho intramolecular Hbond substituents is 1. The minimum atomic E-state index is -0.128. The van der Waals surface area contributed by atoms with E-state index in [2.05, 4.69) is 16.7 Å². The number of likely N-dealkylation sites (N-methyl/N-ethyl adjacent to an activating group) is 1. The Labute approximate surface area is 137 Å². The van der Waals surface area contributed by atoms with Crippen LogP contribution in [0.3, 0.4) is 0 Å². The van der Waals surface area contributed by atoms with Gasteiger partial charge in [0, 0.05) is 26.2 Å². The summed E-state index contributed by atoms with van der Waals surface area (Å²) >= 11 is 6.10. The molecule has 1 aliphatic rings. The van der Waals surface area contributed by atoms with Crippen molar-refractivity contribution in [3.63, 3.8) is 0 Å². The number of benzene rings is 1. The summed E-state index contributed by atoms with van der Waals surface area (Å²) in [4.78, 5) is 4.64. The van der Waals surface area contributed by atoms with Crippen molar-refractivity contribution >= 4 is 11.6 Å². The van der Waals surface area contributed by atoms with Crippen LogP contribution in [0.15, 0.2) is 12.1 Å². The molecule has 1 aromatic carbocycles. The van der Waals surface area contributed by atoms with Gasteiger partial charge in [0.05, 0.1) is 24.3 Å². The number of halogens is 1. The molecule has 0 bridgehead atoms. The minimum Gasteiger partial charge on any atom is -0.503 e. The Morgan fingerprint density at radius 3 is 2.45 bits per heavy atom. The molecule has 0 spiro atoms. The molecule has 124 valence electrons. The molecule has 1 atom stereocenters. The van der Waals surface area contributed by atoms with Crippen molar-refractivity contribution in [3.8, 4) is 11.5 Å². The summed E-state index contributed by atoms with van der Waals surface area (Å²) in [5, 5.41) is 20.0. The Morgan fingerprint density at radius 1 is 1.23 bits per heavy atom. The number of nitrogens with zero attached hydrogens (tertiary/aromatic N) is 2. The highest BCUT2D eigenvalue weighted by atomic mass is 35.5. The van der Waals surface area contributed by atoms with Crippen molar-refractivity contribution in [2.75, 3.05) is 45.9 Å².